The molecular formula is C8H8F3N3O. The highest BCUT2D eigenvalue weighted by Gasteiger charge is 2.35. The summed E-state index contributed by atoms with van der Waals surface area (Å²) in [7, 11) is 1.17. The number of nitrogens with zero attached hydrogens (tertiary/aromatic N) is 2. The fourth-order valence-electron chi connectivity index (χ4n) is 0.997. The van der Waals surface area contributed by atoms with Crippen molar-refractivity contribution >= 4 is 5.91 Å². The predicted octanol–water partition coefficient (Wildman–Crippen LogP) is 1.05. The lowest BCUT2D eigenvalue weighted by molar-refractivity contribution is -0.138. The number of nitrogens with two attached hydrogens (primary N) is 1. The van der Waals surface area contributed by atoms with Crippen LogP contribution in [0.3, 0.4) is 0 Å². The van der Waals surface area contributed by atoms with E-state index in [9.17, 15) is 18.0 Å². The Balaban J connectivity index is 3.25. The first-order valence-corrected chi connectivity index (χ1v) is 3.88. The number of halogens is 3. The van der Waals surface area contributed by atoms with E-state index in [2.05, 4.69) is 4.98 Å². The average molecular weight is 219 g/mol. The highest BCUT2D eigenvalue weighted by atomic mass is 19.4. The van der Waals surface area contributed by atoms with Crippen LogP contribution in [0, 0.1) is 0 Å². The molecule has 1 aromatic rings. The summed E-state index contributed by atoms with van der Waals surface area (Å²) in [6.07, 6.45) is -2.92. The van der Waals surface area contributed by atoms with E-state index >= 15 is 0 Å². The largest absolute Gasteiger partial charge is 0.418 e. The fourth-order valence-corrected chi connectivity index (χ4v) is 0.997. The number of rotatable bonds is 1. The minimum atomic E-state index is -4.62. The SMILES string of the molecule is CN(N)C(=O)c1ccncc1C(F)(F)F. The number of amides is 1. The van der Waals surface area contributed by atoms with Gasteiger partial charge < -0.3 is 0 Å². The maximum atomic E-state index is 12.4. The van der Waals surface area contributed by atoms with Crippen molar-refractivity contribution in [2.75, 3.05) is 7.05 Å². The summed E-state index contributed by atoms with van der Waals surface area (Å²) < 4.78 is 37.3. The van der Waals surface area contributed by atoms with Gasteiger partial charge >= 0.3 is 6.18 Å². The molecule has 0 radical (unpaired) electrons. The van der Waals surface area contributed by atoms with Crippen molar-refractivity contribution in [1.29, 1.82) is 0 Å². The molecule has 0 unspecified atom stereocenters. The molecule has 1 heterocycles. The van der Waals surface area contributed by atoms with Gasteiger partial charge in [-0.2, -0.15) is 13.2 Å². The van der Waals surface area contributed by atoms with Gasteiger partial charge in [-0.25, -0.2) is 5.84 Å². The monoisotopic (exact) mass is 219 g/mol. The van der Waals surface area contributed by atoms with Gasteiger partial charge in [0.15, 0.2) is 0 Å². The van der Waals surface area contributed by atoms with Crippen molar-refractivity contribution in [2.45, 2.75) is 6.18 Å². The van der Waals surface area contributed by atoms with E-state index in [1.165, 1.54) is 7.05 Å². The van der Waals surface area contributed by atoms with Crippen molar-refractivity contribution in [3.05, 3.63) is 29.6 Å². The van der Waals surface area contributed by atoms with E-state index in [1.807, 2.05) is 0 Å². The summed E-state index contributed by atoms with van der Waals surface area (Å²) in [5, 5.41) is 0.588. The molecular weight excluding hydrogens is 211 g/mol. The number of aromatic nitrogens is 1. The van der Waals surface area contributed by atoms with Crippen LogP contribution in [0.15, 0.2) is 18.5 Å². The first-order chi connectivity index (χ1) is 6.84. The van der Waals surface area contributed by atoms with Crippen LogP contribution in [0.1, 0.15) is 15.9 Å². The minimum Gasteiger partial charge on any atom is -0.280 e. The van der Waals surface area contributed by atoms with Gasteiger partial charge in [-0.3, -0.25) is 14.8 Å². The Hall–Kier alpha value is -1.63. The van der Waals surface area contributed by atoms with Gasteiger partial charge in [-0.1, -0.05) is 0 Å². The Labute approximate surface area is 83.5 Å². The Kier molecular flexibility index (Phi) is 2.94. The van der Waals surface area contributed by atoms with Crippen molar-refractivity contribution in [3.8, 4) is 0 Å². The van der Waals surface area contributed by atoms with Gasteiger partial charge in [0.1, 0.15) is 0 Å². The third kappa shape index (κ3) is 2.44. The normalized spacial score (nSPS) is 11.3. The van der Waals surface area contributed by atoms with Gasteiger partial charge in [0.2, 0.25) is 0 Å². The van der Waals surface area contributed by atoms with E-state index in [0.717, 1.165) is 12.3 Å². The van der Waals surface area contributed by atoms with E-state index in [4.69, 9.17) is 5.84 Å². The van der Waals surface area contributed by atoms with Crippen LogP contribution in [0.4, 0.5) is 13.2 Å². The Morgan fingerprint density at radius 2 is 2.13 bits per heavy atom. The molecule has 0 fully saturated rings. The van der Waals surface area contributed by atoms with Crippen LogP contribution < -0.4 is 5.84 Å². The summed E-state index contributed by atoms with van der Waals surface area (Å²) >= 11 is 0. The molecule has 0 aliphatic rings. The average Bonchev–Trinajstić information content (AvgIpc) is 2.15. The van der Waals surface area contributed by atoms with Crippen molar-refractivity contribution in [1.82, 2.24) is 9.99 Å². The molecule has 7 heteroatoms. The molecule has 0 bridgehead atoms. The Bertz CT molecular complexity index is 376. The van der Waals surface area contributed by atoms with Crippen molar-refractivity contribution in [2.24, 2.45) is 5.84 Å². The lowest BCUT2D eigenvalue weighted by atomic mass is 10.1. The quantitative estimate of drug-likeness (QED) is 0.436. The molecule has 0 atom stereocenters. The predicted molar refractivity (Wildman–Crippen MR) is 45.5 cm³/mol. The number of carbonyl (C=O) groups is 1. The topological polar surface area (TPSA) is 59.2 Å². The van der Waals surface area contributed by atoms with Gasteiger partial charge in [0, 0.05) is 19.4 Å². The van der Waals surface area contributed by atoms with E-state index in [1.54, 1.807) is 0 Å². The summed E-state index contributed by atoms with van der Waals surface area (Å²) in [6, 6.07) is 0.981. The molecule has 15 heavy (non-hydrogen) atoms. The highest BCUT2D eigenvalue weighted by Crippen LogP contribution is 2.31. The lowest BCUT2D eigenvalue weighted by Crippen LogP contribution is -2.34. The number of carbonyl (C=O) groups excluding carboxylic acids is 1. The molecule has 1 aromatic heterocycles. The van der Waals surface area contributed by atoms with E-state index in [0.29, 0.717) is 11.2 Å². The third-order valence-corrected chi connectivity index (χ3v) is 1.68. The highest BCUT2D eigenvalue weighted by molar-refractivity contribution is 5.95. The minimum absolute atomic E-state index is 0.512. The van der Waals surface area contributed by atoms with Crippen LogP contribution in [-0.4, -0.2) is 22.9 Å². The van der Waals surface area contributed by atoms with E-state index in [-0.39, 0.29) is 0 Å². The molecule has 0 saturated carbocycles. The molecule has 82 valence electrons. The molecule has 0 aromatic carbocycles. The summed E-state index contributed by atoms with van der Waals surface area (Å²) in [4.78, 5) is 14.6. The second kappa shape index (κ2) is 3.85. The van der Waals surface area contributed by atoms with Crippen molar-refractivity contribution < 1.29 is 18.0 Å². The molecule has 1 amide bonds. The van der Waals surface area contributed by atoms with Gasteiger partial charge in [0.25, 0.3) is 5.91 Å². The Morgan fingerprint density at radius 1 is 1.53 bits per heavy atom. The zero-order valence-corrected chi connectivity index (χ0v) is 7.75. The molecule has 2 N–H and O–H groups in total. The summed E-state index contributed by atoms with van der Waals surface area (Å²) in [5.74, 6) is 4.16. The number of pyridine rings is 1. The summed E-state index contributed by atoms with van der Waals surface area (Å²) in [5.41, 5.74) is -1.60. The van der Waals surface area contributed by atoms with Gasteiger partial charge in [-0.05, 0) is 6.07 Å². The number of hydrogen-bond acceptors (Lipinski definition) is 3. The zero-order chi connectivity index (χ0) is 11.6. The molecule has 0 aliphatic heterocycles. The number of hydrogen-bond donors (Lipinski definition) is 1. The fraction of sp³-hybridized carbons (Fsp3) is 0.250. The number of hydrazine groups is 1. The lowest BCUT2D eigenvalue weighted by Gasteiger charge is -2.14. The Morgan fingerprint density at radius 3 is 2.60 bits per heavy atom. The standard InChI is InChI=1S/C8H8F3N3O/c1-14(12)7(15)5-2-3-13-4-6(5)8(9,10)11/h2-4H,12H2,1H3. The second-order valence-corrected chi connectivity index (χ2v) is 2.84. The zero-order valence-electron chi connectivity index (χ0n) is 7.75. The van der Waals surface area contributed by atoms with Crippen LogP contribution in [0.5, 0.6) is 0 Å². The summed E-state index contributed by atoms with van der Waals surface area (Å²) in [6.45, 7) is 0. The first kappa shape index (κ1) is 11.4. The third-order valence-electron chi connectivity index (χ3n) is 1.68. The van der Waals surface area contributed by atoms with E-state index < -0.39 is 23.2 Å². The molecule has 4 nitrogen and oxygen atoms in total. The van der Waals surface area contributed by atoms with Crippen LogP contribution in [-0.2, 0) is 6.18 Å². The molecule has 0 spiro atoms. The van der Waals surface area contributed by atoms with Gasteiger partial charge in [0.05, 0.1) is 11.1 Å². The maximum Gasteiger partial charge on any atom is 0.418 e. The van der Waals surface area contributed by atoms with Gasteiger partial charge in [-0.15, -0.1) is 0 Å². The second-order valence-electron chi connectivity index (χ2n) is 2.84. The molecule has 0 aliphatic carbocycles. The molecule has 0 saturated heterocycles. The molecule has 1 rings (SSSR count). The van der Waals surface area contributed by atoms with Crippen LogP contribution in [0.25, 0.3) is 0 Å². The van der Waals surface area contributed by atoms with Crippen LogP contribution >= 0.6 is 0 Å². The maximum absolute atomic E-state index is 12.4. The number of alkyl halides is 3. The smallest absolute Gasteiger partial charge is 0.280 e. The first-order valence-electron chi connectivity index (χ1n) is 3.88. The van der Waals surface area contributed by atoms with Crippen LogP contribution in [0.2, 0.25) is 0 Å². The van der Waals surface area contributed by atoms with Crippen molar-refractivity contribution in [3.63, 3.8) is 0 Å².